The van der Waals surface area contributed by atoms with Gasteiger partial charge in [-0.25, -0.2) is 8.78 Å². The Kier molecular flexibility index (Phi) is 2.07. The van der Waals surface area contributed by atoms with Gasteiger partial charge in [0, 0.05) is 13.1 Å². The van der Waals surface area contributed by atoms with Crippen LogP contribution in [0.5, 0.6) is 0 Å². The van der Waals surface area contributed by atoms with Gasteiger partial charge in [0.1, 0.15) is 0 Å². The quantitative estimate of drug-likeness (QED) is 0.662. The van der Waals surface area contributed by atoms with E-state index in [1.807, 2.05) is 6.92 Å². The van der Waals surface area contributed by atoms with Crippen LogP contribution in [0.4, 0.5) is 8.78 Å². The second-order valence-electron chi connectivity index (χ2n) is 4.21. The zero-order chi connectivity index (χ0) is 9.53. The van der Waals surface area contributed by atoms with Crippen molar-refractivity contribution in [3.05, 3.63) is 0 Å². The van der Waals surface area contributed by atoms with Gasteiger partial charge in [0.25, 0.3) is 5.92 Å². The van der Waals surface area contributed by atoms with E-state index in [-0.39, 0.29) is 6.54 Å². The van der Waals surface area contributed by atoms with Crippen molar-refractivity contribution in [2.24, 2.45) is 5.41 Å². The molecule has 1 atom stereocenters. The van der Waals surface area contributed by atoms with Gasteiger partial charge in [-0.2, -0.15) is 0 Å². The Morgan fingerprint density at radius 2 is 2.15 bits per heavy atom. The average molecular weight is 190 g/mol. The van der Waals surface area contributed by atoms with E-state index in [1.165, 1.54) is 0 Å². The summed E-state index contributed by atoms with van der Waals surface area (Å²) in [6.07, 6.45) is 0.640. The fourth-order valence-electron chi connectivity index (χ4n) is 2.45. The molecule has 0 radical (unpaired) electrons. The van der Waals surface area contributed by atoms with Crippen LogP contribution in [-0.4, -0.2) is 43.5 Å². The SMILES string of the molecule is CCN1CCC2(CNCC2(F)F)C1. The molecular formula is C9H16F2N2. The first-order valence-electron chi connectivity index (χ1n) is 4.91. The largest absolute Gasteiger partial charge is 0.310 e. The first-order chi connectivity index (χ1) is 6.10. The summed E-state index contributed by atoms with van der Waals surface area (Å²) in [4.78, 5) is 2.11. The summed E-state index contributed by atoms with van der Waals surface area (Å²) in [6.45, 7) is 4.65. The third-order valence-corrected chi connectivity index (χ3v) is 3.47. The van der Waals surface area contributed by atoms with E-state index in [0.717, 1.165) is 13.1 Å². The topological polar surface area (TPSA) is 15.3 Å². The minimum absolute atomic E-state index is 0.134. The maximum Gasteiger partial charge on any atom is 0.268 e. The fraction of sp³-hybridized carbons (Fsp3) is 1.00. The number of alkyl halides is 2. The third kappa shape index (κ3) is 1.27. The Hall–Kier alpha value is -0.220. The van der Waals surface area contributed by atoms with Gasteiger partial charge >= 0.3 is 0 Å². The molecule has 13 heavy (non-hydrogen) atoms. The Balaban J connectivity index is 2.13. The lowest BCUT2D eigenvalue weighted by Crippen LogP contribution is -2.42. The number of nitrogens with zero attached hydrogens (tertiary/aromatic N) is 1. The molecule has 0 aromatic carbocycles. The molecule has 2 heterocycles. The normalized spacial score (nSPS) is 39.0. The number of hydrogen-bond acceptors (Lipinski definition) is 2. The van der Waals surface area contributed by atoms with Gasteiger partial charge in [-0.1, -0.05) is 6.92 Å². The minimum atomic E-state index is -2.50. The summed E-state index contributed by atoms with van der Waals surface area (Å²) < 4.78 is 27.1. The molecule has 0 aliphatic carbocycles. The van der Waals surface area contributed by atoms with Gasteiger partial charge in [0.2, 0.25) is 0 Å². The maximum atomic E-state index is 13.5. The highest BCUT2D eigenvalue weighted by Gasteiger charge is 2.59. The lowest BCUT2D eigenvalue weighted by atomic mass is 9.83. The van der Waals surface area contributed by atoms with Gasteiger partial charge in [0.15, 0.2) is 0 Å². The Morgan fingerprint density at radius 1 is 1.38 bits per heavy atom. The average Bonchev–Trinajstić information content (AvgIpc) is 2.60. The van der Waals surface area contributed by atoms with E-state index in [0.29, 0.717) is 19.5 Å². The van der Waals surface area contributed by atoms with Gasteiger partial charge < -0.3 is 10.2 Å². The summed E-state index contributed by atoms with van der Waals surface area (Å²) in [7, 11) is 0. The van der Waals surface area contributed by atoms with Crippen molar-refractivity contribution >= 4 is 0 Å². The molecule has 1 spiro atoms. The lowest BCUT2D eigenvalue weighted by Gasteiger charge is -2.29. The van der Waals surface area contributed by atoms with Gasteiger partial charge in [-0.15, -0.1) is 0 Å². The molecule has 76 valence electrons. The van der Waals surface area contributed by atoms with Crippen molar-refractivity contribution in [1.29, 1.82) is 0 Å². The Morgan fingerprint density at radius 3 is 2.62 bits per heavy atom. The van der Waals surface area contributed by atoms with Crippen LogP contribution in [0.1, 0.15) is 13.3 Å². The van der Waals surface area contributed by atoms with E-state index in [9.17, 15) is 8.78 Å². The van der Waals surface area contributed by atoms with Gasteiger partial charge in [-0.3, -0.25) is 0 Å². The highest BCUT2D eigenvalue weighted by atomic mass is 19.3. The second-order valence-corrected chi connectivity index (χ2v) is 4.21. The zero-order valence-electron chi connectivity index (χ0n) is 7.95. The fourth-order valence-corrected chi connectivity index (χ4v) is 2.45. The van der Waals surface area contributed by atoms with Crippen molar-refractivity contribution in [3.8, 4) is 0 Å². The second kappa shape index (κ2) is 2.89. The first kappa shape index (κ1) is 9.34. The summed E-state index contributed by atoms with van der Waals surface area (Å²) in [5.41, 5.74) is -0.761. The Bertz CT molecular complexity index is 208. The molecular weight excluding hydrogens is 174 g/mol. The van der Waals surface area contributed by atoms with Crippen molar-refractivity contribution < 1.29 is 8.78 Å². The third-order valence-electron chi connectivity index (χ3n) is 3.47. The molecule has 0 aromatic rings. The molecule has 0 saturated carbocycles. The van der Waals surface area contributed by atoms with Gasteiger partial charge in [0.05, 0.1) is 12.0 Å². The van der Waals surface area contributed by atoms with Crippen LogP contribution in [0.3, 0.4) is 0 Å². The number of halogens is 2. The van der Waals surface area contributed by atoms with Crippen LogP contribution in [0.25, 0.3) is 0 Å². The van der Waals surface area contributed by atoms with Crippen LogP contribution < -0.4 is 5.32 Å². The molecule has 0 aromatic heterocycles. The summed E-state index contributed by atoms with van der Waals surface area (Å²) >= 11 is 0. The zero-order valence-corrected chi connectivity index (χ0v) is 7.95. The van der Waals surface area contributed by atoms with E-state index < -0.39 is 11.3 Å². The highest BCUT2D eigenvalue weighted by molar-refractivity contribution is 5.06. The van der Waals surface area contributed by atoms with E-state index >= 15 is 0 Å². The molecule has 2 aliphatic heterocycles. The van der Waals surface area contributed by atoms with E-state index in [4.69, 9.17) is 0 Å². The van der Waals surface area contributed by atoms with Crippen LogP contribution in [0.15, 0.2) is 0 Å². The Labute approximate surface area is 77.3 Å². The predicted molar refractivity (Wildman–Crippen MR) is 47.0 cm³/mol. The number of rotatable bonds is 1. The van der Waals surface area contributed by atoms with Crippen LogP contribution in [0.2, 0.25) is 0 Å². The lowest BCUT2D eigenvalue weighted by molar-refractivity contribution is -0.0771. The number of nitrogens with one attached hydrogen (secondary N) is 1. The van der Waals surface area contributed by atoms with Crippen LogP contribution >= 0.6 is 0 Å². The molecule has 2 saturated heterocycles. The van der Waals surface area contributed by atoms with Crippen molar-refractivity contribution in [2.75, 3.05) is 32.7 Å². The molecule has 1 unspecified atom stereocenters. The smallest absolute Gasteiger partial charge is 0.268 e. The van der Waals surface area contributed by atoms with Crippen LogP contribution in [0, 0.1) is 5.41 Å². The summed E-state index contributed by atoms with van der Waals surface area (Å²) in [5, 5.41) is 2.81. The van der Waals surface area contributed by atoms with Crippen molar-refractivity contribution in [1.82, 2.24) is 10.2 Å². The monoisotopic (exact) mass is 190 g/mol. The minimum Gasteiger partial charge on any atom is -0.310 e. The van der Waals surface area contributed by atoms with E-state index in [1.54, 1.807) is 0 Å². The molecule has 0 bridgehead atoms. The molecule has 4 heteroatoms. The molecule has 2 aliphatic rings. The molecule has 1 N–H and O–H groups in total. The predicted octanol–water partition coefficient (Wildman–Crippen LogP) is 0.937. The number of hydrogen-bond donors (Lipinski definition) is 1. The first-order valence-corrected chi connectivity index (χ1v) is 4.91. The summed E-state index contributed by atoms with van der Waals surface area (Å²) in [6, 6.07) is 0. The molecule has 2 nitrogen and oxygen atoms in total. The summed E-state index contributed by atoms with van der Waals surface area (Å²) in [5.74, 6) is -2.50. The van der Waals surface area contributed by atoms with E-state index in [2.05, 4.69) is 10.2 Å². The van der Waals surface area contributed by atoms with Crippen molar-refractivity contribution in [2.45, 2.75) is 19.3 Å². The standard InChI is InChI=1S/C9H16F2N2/c1-2-13-4-3-8(7-13)5-12-6-9(8,10)11/h12H,2-7H2,1H3. The molecule has 2 fully saturated rings. The highest BCUT2D eigenvalue weighted by Crippen LogP contribution is 2.46. The number of likely N-dealkylation sites (tertiary alicyclic amines) is 1. The van der Waals surface area contributed by atoms with Crippen molar-refractivity contribution in [3.63, 3.8) is 0 Å². The molecule has 0 amide bonds. The molecule has 2 rings (SSSR count). The van der Waals surface area contributed by atoms with Crippen LogP contribution in [-0.2, 0) is 0 Å². The van der Waals surface area contributed by atoms with Gasteiger partial charge in [-0.05, 0) is 19.5 Å². The maximum absolute atomic E-state index is 13.5.